The molecule has 0 saturated carbocycles. The minimum Gasteiger partial charge on any atom is -0.487 e. The van der Waals surface area contributed by atoms with Gasteiger partial charge >= 0.3 is 0 Å². The second kappa shape index (κ2) is 5.34. The fraction of sp³-hybridized carbons (Fsp3) is 0.625. The maximum absolute atomic E-state index is 13.3. The zero-order valence-corrected chi connectivity index (χ0v) is 11.8. The lowest BCUT2D eigenvalue weighted by Crippen LogP contribution is -2.48. The molecule has 3 rings (SSSR count). The number of benzene rings is 1. The first-order valence-corrected chi connectivity index (χ1v) is 7.40. The third kappa shape index (κ3) is 2.54. The van der Waals surface area contributed by atoms with Crippen LogP contribution in [0.1, 0.15) is 50.7 Å². The predicted octanol–water partition coefficient (Wildman–Crippen LogP) is 3.36. The van der Waals surface area contributed by atoms with E-state index in [1.807, 2.05) is 0 Å². The van der Waals surface area contributed by atoms with Gasteiger partial charge in [0.2, 0.25) is 0 Å². The van der Waals surface area contributed by atoms with Crippen LogP contribution in [-0.2, 0) is 4.74 Å². The Hall–Kier alpha value is -1.13. The lowest BCUT2D eigenvalue weighted by molar-refractivity contribution is -0.118. The van der Waals surface area contributed by atoms with Gasteiger partial charge in [-0.15, -0.1) is 0 Å². The number of aliphatic hydroxyl groups is 1. The molecule has 1 spiro atoms. The summed E-state index contributed by atoms with van der Waals surface area (Å²) in [5.74, 6) is 0.278. The topological polar surface area (TPSA) is 38.7 Å². The van der Waals surface area contributed by atoms with E-state index in [1.54, 1.807) is 6.07 Å². The quantitative estimate of drug-likeness (QED) is 0.902. The minimum atomic E-state index is -0.658. The van der Waals surface area contributed by atoms with Gasteiger partial charge in [0.25, 0.3) is 0 Å². The molecule has 1 aromatic rings. The normalized spacial score (nSPS) is 32.8. The zero-order chi connectivity index (χ0) is 14.2. The zero-order valence-electron chi connectivity index (χ0n) is 11.8. The second-order valence-corrected chi connectivity index (χ2v) is 5.92. The van der Waals surface area contributed by atoms with Crippen LogP contribution >= 0.6 is 0 Å². The largest absolute Gasteiger partial charge is 0.487 e. The highest BCUT2D eigenvalue weighted by atomic mass is 19.1. The standard InChI is InChI=1S/C16H21FO3/c1-2-3-12-9-16(6-7-19-12)10-14(18)13-8-11(17)4-5-15(13)20-16/h4-5,8,12,14,18H,2-3,6-7,9-10H2,1H3/t12?,14-,16?/m0/s1. The van der Waals surface area contributed by atoms with Crippen LogP contribution in [0, 0.1) is 5.82 Å². The molecule has 20 heavy (non-hydrogen) atoms. The number of halogens is 1. The molecule has 1 saturated heterocycles. The third-order valence-corrected chi connectivity index (χ3v) is 4.34. The molecule has 2 heterocycles. The highest BCUT2D eigenvalue weighted by Crippen LogP contribution is 2.45. The SMILES string of the molecule is CCCC1CC2(CCO1)C[C@H](O)c1cc(F)ccc1O2. The molecule has 3 atom stereocenters. The second-order valence-electron chi connectivity index (χ2n) is 5.92. The van der Waals surface area contributed by atoms with Gasteiger partial charge in [0.15, 0.2) is 0 Å². The molecule has 0 aromatic heterocycles. The Morgan fingerprint density at radius 2 is 2.25 bits per heavy atom. The molecule has 1 aromatic carbocycles. The van der Waals surface area contributed by atoms with E-state index < -0.39 is 6.10 Å². The van der Waals surface area contributed by atoms with Crippen molar-refractivity contribution in [1.82, 2.24) is 0 Å². The number of aliphatic hydroxyl groups excluding tert-OH is 1. The Morgan fingerprint density at radius 3 is 3.05 bits per heavy atom. The summed E-state index contributed by atoms with van der Waals surface area (Å²) in [5, 5.41) is 10.3. The van der Waals surface area contributed by atoms with E-state index in [4.69, 9.17) is 9.47 Å². The molecule has 0 amide bonds. The first-order chi connectivity index (χ1) is 9.62. The molecule has 1 fully saturated rings. The van der Waals surface area contributed by atoms with Gasteiger partial charge in [0, 0.05) is 24.8 Å². The van der Waals surface area contributed by atoms with Crippen molar-refractivity contribution < 1.29 is 19.0 Å². The van der Waals surface area contributed by atoms with Gasteiger partial charge in [-0.3, -0.25) is 0 Å². The van der Waals surface area contributed by atoms with E-state index >= 15 is 0 Å². The molecule has 1 N–H and O–H groups in total. The van der Waals surface area contributed by atoms with Crippen LogP contribution in [0.2, 0.25) is 0 Å². The van der Waals surface area contributed by atoms with Crippen molar-refractivity contribution in [2.24, 2.45) is 0 Å². The molecular weight excluding hydrogens is 259 g/mol. The molecule has 0 bridgehead atoms. The first kappa shape index (κ1) is 13.8. The third-order valence-electron chi connectivity index (χ3n) is 4.34. The van der Waals surface area contributed by atoms with Crippen LogP contribution in [0.15, 0.2) is 18.2 Å². The fourth-order valence-electron chi connectivity index (χ4n) is 3.38. The Labute approximate surface area is 118 Å². The smallest absolute Gasteiger partial charge is 0.126 e. The highest BCUT2D eigenvalue weighted by molar-refractivity contribution is 5.38. The number of rotatable bonds is 2. The number of ether oxygens (including phenoxy) is 2. The maximum Gasteiger partial charge on any atom is 0.126 e. The molecular formula is C16H21FO3. The number of fused-ring (bicyclic) bond motifs is 1. The van der Waals surface area contributed by atoms with Gasteiger partial charge < -0.3 is 14.6 Å². The average Bonchev–Trinajstić information content (AvgIpc) is 2.40. The molecule has 4 heteroatoms. The predicted molar refractivity (Wildman–Crippen MR) is 73.2 cm³/mol. The van der Waals surface area contributed by atoms with Crippen LogP contribution in [0.5, 0.6) is 5.75 Å². The monoisotopic (exact) mass is 280 g/mol. The summed E-state index contributed by atoms with van der Waals surface area (Å²) in [6.07, 6.45) is 3.73. The van der Waals surface area contributed by atoms with Gasteiger partial charge in [-0.05, 0) is 24.6 Å². The summed E-state index contributed by atoms with van der Waals surface area (Å²) >= 11 is 0. The van der Waals surface area contributed by atoms with Crippen molar-refractivity contribution in [3.63, 3.8) is 0 Å². The Balaban J connectivity index is 1.84. The van der Waals surface area contributed by atoms with Crippen molar-refractivity contribution >= 4 is 0 Å². The first-order valence-electron chi connectivity index (χ1n) is 7.40. The van der Waals surface area contributed by atoms with Crippen molar-refractivity contribution in [3.8, 4) is 5.75 Å². The Morgan fingerprint density at radius 1 is 1.40 bits per heavy atom. The van der Waals surface area contributed by atoms with E-state index in [0.717, 1.165) is 25.7 Å². The minimum absolute atomic E-state index is 0.197. The molecule has 2 unspecified atom stereocenters. The lowest BCUT2D eigenvalue weighted by Gasteiger charge is -2.45. The summed E-state index contributed by atoms with van der Waals surface area (Å²) in [4.78, 5) is 0. The fourth-order valence-corrected chi connectivity index (χ4v) is 3.38. The van der Waals surface area contributed by atoms with Crippen LogP contribution in [0.3, 0.4) is 0 Å². The van der Waals surface area contributed by atoms with E-state index in [0.29, 0.717) is 24.3 Å². The van der Waals surface area contributed by atoms with Gasteiger partial charge in [0.1, 0.15) is 17.2 Å². The Bertz CT molecular complexity index is 489. The molecule has 0 aliphatic carbocycles. The van der Waals surface area contributed by atoms with E-state index in [9.17, 15) is 9.50 Å². The number of hydrogen-bond acceptors (Lipinski definition) is 3. The van der Waals surface area contributed by atoms with Gasteiger partial charge in [-0.2, -0.15) is 0 Å². The summed E-state index contributed by atoms with van der Waals surface area (Å²) in [6, 6.07) is 4.38. The van der Waals surface area contributed by atoms with Gasteiger partial charge in [-0.1, -0.05) is 13.3 Å². The van der Waals surface area contributed by atoms with E-state index in [1.165, 1.54) is 12.1 Å². The van der Waals surface area contributed by atoms with Crippen LogP contribution in [-0.4, -0.2) is 23.4 Å². The summed E-state index contributed by atoms with van der Waals surface area (Å²) < 4.78 is 25.2. The van der Waals surface area contributed by atoms with Crippen LogP contribution < -0.4 is 4.74 Å². The molecule has 3 nitrogen and oxygen atoms in total. The van der Waals surface area contributed by atoms with E-state index in [-0.39, 0.29) is 17.5 Å². The molecule has 2 aliphatic rings. The lowest BCUT2D eigenvalue weighted by atomic mass is 9.80. The highest BCUT2D eigenvalue weighted by Gasteiger charge is 2.44. The van der Waals surface area contributed by atoms with Crippen LogP contribution in [0.25, 0.3) is 0 Å². The molecule has 2 aliphatic heterocycles. The molecule has 0 radical (unpaired) electrons. The van der Waals surface area contributed by atoms with Crippen molar-refractivity contribution in [3.05, 3.63) is 29.6 Å². The maximum atomic E-state index is 13.3. The van der Waals surface area contributed by atoms with E-state index in [2.05, 4.69) is 6.92 Å². The van der Waals surface area contributed by atoms with Crippen molar-refractivity contribution in [2.45, 2.75) is 56.8 Å². The number of hydrogen-bond donors (Lipinski definition) is 1. The molecule has 110 valence electrons. The van der Waals surface area contributed by atoms with Crippen molar-refractivity contribution in [2.75, 3.05) is 6.61 Å². The summed E-state index contributed by atoms with van der Waals surface area (Å²) in [7, 11) is 0. The average molecular weight is 280 g/mol. The van der Waals surface area contributed by atoms with Crippen molar-refractivity contribution in [1.29, 1.82) is 0 Å². The summed E-state index contributed by atoms with van der Waals surface area (Å²) in [6.45, 7) is 2.80. The Kier molecular flexibility index (Phi) is 3.69. The summed E-state index contributed by atoms with van der Waals surface area (Å²) in [5.41, 5.74) is 0.205. The van der Waals surface area contributed by atoms with Crippen LogP contribution in [0.4, 0.5) is 4.39 Å². The van der Waals surface area contributed by atoms with Gasteiger partial charge in [0.05, 0.1) is 18.8 Å². The van der Waals surface area contributed by atoms with Gasteiger partial charge in [-0.25, -0.2) is 4.39 Å².